The van der Waals surface area contributed by atoms with Crippen LogP contribution in [0.1, 0.15) is 15.9 Å². The van der Waals surface area contributed by atoms with Gasteiger partial charge < -0.3 is 10.6 Å². The van der Waals surface area contributed by atoms with Gasteiger partial charge in [-0.2, -0.15) is 0 Å². The van der Waals surface area contributed by atoms with Gasteiger partial charge in [0.25, 0.3) is 5.91 Å². The van der Waals surface area contributed by atoms with Crippen LogP contribution in [-0.4, -0.2) is 32.6 Å². The maximum Gasteiger partial charge on any atom is 0.255 e. The molecule has 0 saturated carbocycles. The SMILES string of the molecule is CNS(=O)(=O)c1cc(NCc2cccc3cccnc23)cc(C(=O)Nc2cccc(SC)c2)c1. The third kappa shape index (κ3) is 5.39. The number of benzene rings is 3. The van der Waals surface area contributed by atoms with Crippen LogP contribution in [-0.2, 0) is 16.6 Å². The number of aromatic nitrogens is 1. The molecule has 0 aliphatic carbocycles. The van der Waals surface area contributed by atoms with E-state index in [1.807, 2.05) is 54.8 Å². The van der Waals surface area contributed by atoms with Crippen molar-refractivity contribution in [3.63, 3.8) is 0 Å². The van der Waals surface area contributed by atoms with Crippen LogP contribution in [0.15, 0.2) is 88.8 Å². The van der Waals surface area contributed by atoms with Crippen LogP contribution in [0.5, 0.6) is 0 Å². The Hall–Kier alpha value is -3.40. The molecule has 34 heavy (non-hydrogen) atoms. The van der Waals surface area contributed by atoms with Crippen molar-refractivity contribution in [2.75, 3.05) is 23.9 Å². The molecule has 0 atom stereocenters. The van der Waals surface area contributed by atoms with Gasteiger partial charge in [-0.15, -0.1) is 11.8 Å². The van der Waals surface area contributed by atoms with Crippen molar-refractivity contribution in [1.82, 2.24) is 9.71 Å². The molecule has 0 aliphatic rings. The van der Waals surface area contributed by atoms with E-state index in [1.54, 1.807) is 30.1 Å². The minimum Gasteiger partial charge on any atom is -0.381 e. The summed E-state index contributed by atoms with van der Waals surface area (Å²) in [6, 6.07) is 21.7. The Morgan fingerprint density at radius 3 is 2.56 bits per heavy atom. The fourth-order valence-electron chi connectivity index (χ4n) is 3.52. The van der Waals surface area contributed by atoms with Gasteiger partial charge in [0.2, 0.25) is 10.0 Å². The number of sulfonamides is 1. The summed E-state index contributed by atoms with van der Waals surface area (Å²) < 4.78 is 27.4. The number of thioether (sulfide) groups is 1. The van der Waals surface area contributed by atoms with E-state index < -0.39 is 15.9 Å². The van der Waals surface area contributed by atoms with E-state index in [0.717, 1.165) is 21.4 Å². The first-order chi connectivity index (χ1) is 16.4. The molecule has 4 aromatic rings. The van der Waals surface area contributed by atoms with Gasteiger partial charge >= 0.3 is 0 Å². The zero-order chi connectivity index (χ0) is 24.1. The molecule has 1 amide bonds. The molecule has 9 heteroatoms. The maximum atomic E-state index is 13.0. The lowest BCUT2D eigenvalue weighted by atomic mass is 10.1. The quantitative estimate of drug-likeness (QED) is 0.308. The molecular weight excluding hydrogens is 468 g/mol. The van der Waals surface area contributed by atoms with Crippen LogP contribution in [0, 0.1) is 0 Å². The lowest BCUT2D eigenvalue weighted by Crippen LogP contribution is -2.20. The highest BCUT2D eigenvalue weighted by Crippen LogP contribution is 2.24. The van der Waals surface area contributed by atoms with Gasteiger partial charge in [-0.25, -0.2) is 13.1 Å². The summed E-state index contributed by atoms with van der Waals surface area (Å²) in [5.74, 6) is -0.402. The number of nitrogens with zero attached hydrogens (tertiary/aromatic N) is 1. The van der Waals surface area contributed by atoms with Crippen LogP contribution in [0.3, 0.4) is 0 Å². The highest BCUT2D eigenvalue weighted by atomic mass is 32.2. The van der Waals surface area contributed by atoms with E-state index in [2.05, 4.69) is 20.3 Å². The molecule has 174 valence electrons. The number of nitrogens with one attached hydrogen (secondary N) is 3. The molecule has 0 radical (unpaired) electrons. The number of rotatable bonds is 8. The predicted octanol–water partition coefficient (Wildman–Crippen LogP) is 4.73. The molecule has 0 aliphatic heterocycles. The van der Waals surface area contributed by atoms with E-state index in [-0.39, 0.29) is 10.5 Å². The molecule has 0 unspecified atom stereocenters. The second-order valence-corrected chi connectivity index (χ2v) is 10.3. The zero-order valence-corrected chi connectivity index (χ0v) is 20.3. The highest BCUT2D eigenvalue weighted by Gasteiger charge is 2.17. The summed E-state index contributed by atoms with van der Waals surface area (Å²) >= 11 is 1.57. The van der Waals surface area contributed by atoms with Gasteiger partial charge in [-0.05, 0) is 61.3 Å². The topological polar surface area (TPSA) is 100 Å². The fourth-order valence-corrected chi connectivity index (χ4v) is 4.78. The van der Waals surface area contributed by atoms with Gasteiger partial charge in [0.05, 0.1) is 10.4 Å². The number of hydrogen-bond acceptors (Lipinski definition) is 6. The fraction of sp³-hybridized carbons (Fsp3) is 0.120. The molecule has 1 heterocycles. The Morgan fingerprint density at radius 2 is 1.76 bits per heavy atom. The van der Waals surface area contributed by atoms with Crippen LogP contribution >= 0.6 is 11.8 Å². The second-order valence-electron chi connectivity index (χ2n) is 7.49. The maximum absolute atomic E-state index is 13.0. The number of para-hydroxylation sites is 1. The minimum absolute atomic E-state index is 0.000871. The number of pyridine rings is 1. The predicted molar refractivity (Wildman–Crippen MR) is 138 cm³/mol. The Balaban J connectivity index is 1.64. The van der Waals surface area contributed by atoms with Crippen molar-refractivity contribution < 1.29 is 13.2 Å². The van der Waals surface area contributed by atoms with Crippen LogP contribution in [0.2, 0.25) is 0 Å². The molecule has 0 fully saturated rings. The number of anilines is 2. The highest BCUT2D eigenvalue weighted by molar-refractivity contribution is 7.98. The van der Waals surface area contributed by atoms with Crippen molar-refractivity contribution in [3.8, 4) is 0 Å². The van der Waals surface area contributed by atoms with Crippen LogP contribution < -0.4 is 15.4 Å². The van der Waals surface area contributed by atoms with Gasteiger partial charge in [-0.3, -0.25) is 9.78 Å². The number of carbonyl (C=O) groups is 1. The van der Waals surface area contributed by atoms with Crippen LogP contribution in [0.4, 0.5) is 11.4 Å². The van der Waals surface area contributed by atoms with E-state index >= 15 is 0 Å². The van der Waals surface area contributed by atoms with Gasteiger partial charge in [0.1, 0.15) is 0 Å². The Morgan fingerprint density at radius 1 is 0.971 bits per heavy atom. The van der Waals surface area contributed by atoms with Gasteiger partial charge in [0, 0.05) is 40.0 Å². The summed E-state index contributed by atoms with van der Waals surface area (Å²) in [6.45, 7) is 0.411. The molecule has 0 spiro atoms. The molecule has 7 nitrogen and oxygen atoms in total. The molecule has 3 N–H and O–H groups in total. The average molecular weight is 493 g/mol. The third-order valence-electron chi connectivity index (χ3n) is 5.27. The van der Waals surface area contributed by atoms with Crippen molar-refractivity contribution in [1.29, 1.82) is 0 Å². The smallest absolute Gasteiger partial charge is 0.255 e. The first-order valence-corrected chi connectivity index (χ1v) is 13.2. The normalized spacial score (nSPS) is 11.4. The Bertz CT molecular complexity index is 1450. The number of carbonyl (C=O) groups excluding carboxylic acids is 1. The third-order valence-corrected chi connectivity index (χ3v) is 7.39. The monoisotopic (exact) mass is 492 g/mol. The second kappa shape index (κ2) is 10.3. The molecule has 4 rings (SSSR count). The number of fused-ring (bicyclic) bond motifs is 1. The lowest BCUT2D eigenvalue weighted by molar-refractivity contribution is 0.102. The zero-order valence-electron chi connectivity index (χ0n) is 18.7. The summed E-state index contributed by atoms with van der Waals surface area (Å²) in [5.41, 5.74) is 3.19. The molecular formula is C25H24N4O3S2. The first kappa shape index (κ1) is 23.7. The standard InChI is InChI=1S/C25H24N4O3S2/c1-26-34(31,32)23-13-19(25(30)29-20-9-4-10-22(14-20)33-2)12-21(15-23)28-16-18-7-3-6-17-8-5-11-27-24(17)18/h3-15,26,28H,16H2,1-2H3,(H,29,30). The van der Waals surface area contributed by atoms with Crippen LogP contribution in [0.25, 0.3) is 10.9 Å². The molecule has 1 aromatic heterocycles. The summed E-state index contributed by atoms with van der Waals surface area (Å²) in [6.07, 6.45) is 3.69. The van der Waals surface area contributed by atoms with Crippen molar-refractivity contribution in [2.24, 2.45) is 0 Å². The van der Waals surface area contributed by atoms with Crippen molar-refractivity contribution in [3.05, 3.63) is 90.1 Å². The van der Waals surface area contributed by atoms with E-state index in [0.29, 0.717) is 17.9 Å². The molecule has 3 aromatic carbocycles. The number of hydrogen-bond donors (Lipinski definition) is 3. The van der Waals surface area contributed by atoms with Crippen molar-refractivity contribution >= 4 is 50.0 Å². The Kier molecular flexibility index (Phi) is 7.16. The number of amides is 1. The Labute approximate surface area is 203 Å². The molecule has 0 bridgehead atoms. The minimum atomic E-state index is -3.76. The summed E-state index contributed by atoms with van der Waals surface area (Å²) in [5, 5.41) is 7.12. The van der Waals surface area contributed by atoms with Crippen molar-refractivity contribution in [2.45, 2.75) is 16.3 Å². The van der Waals surface area contributed by atoms with Gasteiger partial charge in [-0.1, -0.05) is 30.3 Å². The van der Waals surface area contributed by atoms with E-state index in [4.69, 9.17) is 0 Å². The first-order valence-electron chi connectivity index (χ1n) is 10.5. The van der Waals surface area contributed by atoms with E-state index in [9.17, 15) is 13.2 Å². The molecule has 0 saturated heterocycles. The summed E-state index contributed by atoms with van der Waals surface area (Å²) in [7, 11) is -2.43. The lowest BCUT2D eigenvalue weighted by Gasteiger charge is -2.13. The largest absolute Gasteiger partial charge is 0.381 e. The van der Waals surface area contributed by atoms with E-state index in [1.165, 1.54) is 19.2 Å². The average Bonchev–Trinajstić information content (AvgIpc) is 2.87. The van der Waals surface area contributed by atoms with Gasteiger partial charge in [0.15, 0.2) is 0 Å². The summed E-state index contributed by atoms with van der Waals surface area (Å²) in [4.78, 5) is 18.5.